The standard InChI is InChI=1S/C10H13Br.C6H6S/c1-10(2,3)8-5-4-6-9(11)7-8;7-6-4-2-1-3-5-6/h4-7H,1-3H3;1-5,7H. The minimum atomic E-state index is 0.254. The molecule has 0 radical (unpaired) electrons. The second-order valence-electron chi connectivity index (χ2n) is 5.10. The Kier molecular flexibility index (Phi) is 5.97. The van der Waals surface area contributed by atoms with E-state index < -0.39 is 0 Å². The lowest BCUT2D eigenvalue weighted by molar-refractivity contribution is 0.590. The molecule has 0 nitrogen and oxygen atoms in total. The highest BCUT2D eigenvalue weighted by Crippen LogP contribution is 2.24. The first kappa shape index (κ1) is 15.3. The van der Waals surface area contributed by atoms with Gasteiger partial charge in [0.05, 0.1) is 0 Å². The van der Waals surface area contributed by atoms with Crippen molar-refractivity contribution in [2.24, 2.45) is 0 Å². The summed E-state index contributed by atoms with van der Waals surface area (Å²) in [6.07, 6.45) is 0. The monoisotopic (exact) mass is 322 g/mol. The Hall–Kier alpha value is -0.730. The molecule has 0 aliphatic carbocycles. The topological polar surface area (TPSA) is 0 Å². The van der Waals surface area contributed by atoms with Crippen molar-refractivity contribution in [3.63, 3.8) is 0 Å². The van der Waals surface area contributed by atoms with Crippen LogP contribution in [-0.2, 0) is 5.41 Å². The van der Waals surface area contributed by atoms with Gasteiger partial charge in [-0.3, -0.25) is 0 Å². The number of rotatable bonds is 0. The largest absolute Gasteiger partial charge is 0.143 e. The predicted octanol–water partition coefficient (Wildman–Crippen LogP) is 5.72. The van der Waals surface area contributed by atoms with Gasteiger partial charge in [-0.2, -0.15) is 0 Å². The van der Waals surface area contributed by atoms with Crippen LogP contribution in [0.15, 0.2) is 64.0 Å². The van der Waals surface area contributed by atoms with Crippen molar-refractivity contribution in [3.05, 3.63) is 64.6 Å². The SMILES string of the molecule is CC(C)(C)c1cccc(Br)c1.Sc1ccccc1. The molecule has 0 fully saturated rings. The molecule has 0 spiro atoms. The summed E-state index contributed by atoms with van der Waals surface area (Å²) < 4.78 is 1.16. The average Bonchev–Trinajstić information content (AvgIpc) is 2.30. The molecule has 0 unspecified atom stereocenters. The average molecular weight is 323 g/mol. The lowest BCUT2D eigenvalue weighted by atomic mass is 9.87. The predicted molar refractivity (Wildman–Crippen MR) is 86.5 cm³/mol. The van der Waals surface area contributed by atoms with Crippen LogP contribution in [-0.4, -0.2) is 0 Å². The first-order chi connectivity index (χ1) is 8.39. The van der Waals surface area contributed by atoms with E-state index in [1.807, 2.05) is 30.3 Å². The first-order valence-electron chi connectivity index (χ1n) is 5.89. The van der Waals surface area contributed by atoms with Crippen LogP contribution in [0.4, 0.5) is 0 Å². The Morgan fingerprint density at radius 3 is 1.83 bits per heavy atom. The number of benzene rings is 2. The number of hydrogen-bond acceptors (Lipinski definition) is 1. The summed E-state index contributed by atoms with van der Waals surface area (Å²) >= 11 is 7.54. The van der Waals surface area contributed by atoms with Gasteiger partial charge in [-0.05, 0) is 35.2 Å². The van der Waals surface area contributed by atoms with Crippen LogP contribution in [0.2, 0.25) is 0 Å². The quantitative estimate of drug-likeness (QED) is 0.589. The number of thiol groups is 1. The summed E-state index contributed by atoms with van der Waals surface area (Å²) in [5.74, 6) is 0. The Morgan fingerprint density at radius 2 is 1.50 bits per heavy atom. The van der Waals surface area contributed by atoms with E-state index in [0.717, 1.165) is 9.37 Å². The van der Waals surface area contributed by atoms with Gasteiger partial charge in [0.2, 0.25) is 0 Å². The molecule has 0 bridgehead atoms. The van der Waals surface area contributed by atoms with Crippen molar-refractivity contribution in [2.75, 3.05) is 0 Å². The highest BCUT2D eigenvalue weighted by molar-refractivity contribution is 9.10. The molecule has 18 heavy (non-hydrogen) atoms. The summed E-state index contributed by atoms with van der Waals surface area (Å²) in [4.78, 5) is 1.02. The normalized spacial score (nSPS) is 10.5. The van der Waals surface area contributed by atoms with Crippen LogP contribution in [0.1, 0.15) is 26.3 Å². The zero-order chi connectivity index (χ0) is 13.6. The fourth-order valence-electron chi connectivity index (χ4n) is 1.38. The van der Waals surface area contributed by atoms with Crippen LogP contribution in [0.25, 0.3) is 0 Å². The molecule has 2 rings (SSSR count). The third kappa shape index (κ3) is 5.74. The zero-order valence-electron chi connectivity index (χ0n) is 11.0. The van der Waals surface area contributed by atoms with Gasteiger partial charge in [0.25, 0.3) is 0 Å². The van der Waals surface area contributed by atoms with E-state index >= 15 is 0 Å². The Bertz CT molecular complexity index is 472. The van der Waals surface area contributed by atoms with E-state index in [1.54, 1.807) is 0 Å². The lowest BCUT2D eigenvalue weighted by Crippen LogP contribution is -2.10. The van der Waals surface area contributed by atoms with E-state index in [2.05, 4.69) is 73.6 Å². The summed E-state index contributed by atoms with van der Waals surface area (Å²) in [6.45, 7) is 6.65. The molecule has 2 aromatic rings. The molecular weight excluding hydrogens is 304 g/mol. The maximum absolute atomic E-state index is 4.08. The van der Waals surface area contributed by atoms with Crippen LogP contribution >= 0.6 is 28.6 Å². The van der Waals surface area contributed by atoms with Crippen LogP contribution in [0.3, 0.4) is 0 Å². The van der Waals surface area contributed by atoms with Crippen molar-refractivity contribution >= 4 is 28.6 Å². The van der Waals surface area contributed by atoms with Crippen LogP contribution < -0.4 is 0 Å². The number of halogens is 1. The van der Waals surface area contributed by atoms with Gasteiger partial charge >= 0.3 is 0 Å². The Labute approximate surface area is 124 Å². The summed E-state index contributed by atoms with van der Waals surface area (Å²) in [5.41, 5.74) is 1.62. The van der Waals surface area contributed by atoms with Gasteiger partial charge in [-0.1, -0.05) is 67.0 Å². The van der Waals surface area contributed by atoms with Gasteiger partial charge in [0, 0.05) is 9.37 Å². The number of hydrogen-bond donors (Lipinski definition) is 1. The van der Waals surface area contributed by atoms with Gasteiger partial charge in [-0.25, -0.2) is 0 Å². The maximum Gasteiger partial charge on any atom is 0.0178 e. The van der Waals surface area contributed by atoms with E-state index in [9.17, 15) is 0 Å². The van der Waals surface area contributed by atoms with E-state index in [4.69, 9.17) is 0 Å². The molecule has 0 aliphatic rings. The van der Waals surface area contributed by atoms with Crippen LogP contribution in [0, 0.1) is 0 Å². The first-order valence-corrected chi connectivity index (χ1v) is 7.13. The van der Waals surface area contributed by atoms with Crippen molar-refractivity contribution in [3.8, 4) is 0 Å². The van der Waals surface area contributed by atoms with Crippen molar-refractivity contribution < 1.29 is 0 Å². The Morgan fingerprint density at radius 1 is 0.889 bits per heavy atom. The lowest BCUT2D eigenvalue weighted by Gasteiger charge is -2.18. The van der Waals surface area contributed by atoms with E-state index in [0.29, 0.717) is 0 Å². The molecule has 0 aromatic heterocycles. The fraction of sp³-hybridized carbons (Fsp3) is 0.250. The molecule has 2 heteroatoms. The molecule has 0 saturated carbocycles. The zero-order valence-corrected chi connectivity index (χ0v) is 13.5. The van der Waals surface area contributed by atoms with E-state index in [1.165, 1.54) is 5.56 Å². The summed E-state index contributed by atoms with van der Waals surface area (Å²) in [5, 5.41) is 0. The van der Waals surface area contributed by atoms with Crippen LogP contribution in [0.5, 0.6) is 0 Å². The second-order valence-corrected chi connectivity index (χ2v) is 6.53. The summed E-state index contributed by atoms with van der Waals surface area (Å²) in [6, 6.07) is 18.2. The smallest absolute Gasteiger partial charge is 0.0178 e. The molecule has 2 aromatic carbocycles. The molecule has 0 atom stereocenters. The van der Waals surface area contributed by atoms with Gasteiger partial charge in [-0.15, -0.1) is 12.6 Å². The molecular formula is C16H19BrS. The van der Waals surface area contributed by atoms with Crippen molar-refractivity contribution in [1.29, 1.82) is 0 Å². The Balaban J connectivity index is 0.000000199. The molecule has 0 saturated heterocycles. The van der Waals surface area contributed by atoms with Gasteiger partial charge in [0.1, 0.15) is 0 Å². The third-order valence-electron chi connectivity index (χ3n) is 2.45. The van der Waals surface area contributed by atoms with E-state index in [-0.39, 0.29) is 5.41 Å². The minimum absolute atomic E-state index is 0.254. The third-order valence-corrected chi connectivity index (χ3v) is 3.24. The fourth-order valence-corrected chi connectivity index (χ4v) is 1.95. The summed E-state index contributed by atoms with van der Waals surface area (Å²) in [7, 11) is 0. The molecule has 96 valence electrons. The van der Waals surface area contributed by atoms with Crippen molar-refractivity contribution in [1.82, 2.24) is 0 Å². The van der Waals surface area contributed by atoms with Gasteiger partial charge in [0.15, 0.2) is 0 Å². The molecule has 0 N–H and O–H groups in total. The second kappa shape index (κ2) is 7.01. The maximum atomic E-state index is 4.08. The van der Waals surface area contributed by atoms with Gasteiger partial charge < -0.3 is 0 Å². The molecule has 0 amide bonds. The highest BCUT2D eigenvalue weighted by Gasteiger charge is 2.12. The minimum Gasteiger partial charge on any atom is -0.143 e. The molecule has 0 aliphatic heterocycles. The molecule has 0 heterocycles. The highest BCUT2D eigenvalue weighted by atomic mass is 79.9. The van der Waals surface area contributed by atoms with Crippen molar-refractivity contribution in [2.45, 2.75) is 31.1 Å².